The molecule has 3 aromatic rings. The summed E-state index contributed by atoms with van der Waals surface area (Å²) in [7, 11) is 1.56. The van der Waals surface area contributed by atoms with E-state index in [2.05, 4.69) is 9.88 Å². The van der Waals surface area contributed by atoms with Crippen LogP contribution in [0, 0.1) is 22.9 Å². The van der Waals surface area contributed by atoms with Gasteiger partial charge in [0.2, 0.25) is 5.82 Å². The molecule has 7 nitrogen and oxygen atoms in total. The molecular weight excluding hydrogens is 501 g/mol. The largest absolute Gasteiger partial charge is 0.497 e. The summed E-state index contributed by atoms with van der Waals surface area (Å²) in [6.07, 6.45) is 3.01. The Hall–Kier alpha value is -2.92. The first-order chi connectivity index (χ1) is 18.3. The van der Waals surface area contributed by atoms with Gasteiger partial charge in [-0.3, -0.25) is 9.88 Å². The molecule has 0 unspecified atom stereocenters. The average molecular weight is 535 g/mol. The molecule has 10 heteroatoms. The number of rotatable bonds is 11. The van der Waals surface area contributed by atoms with E-state index >= 15 is 0 Å². The predicted octanol–water partition coefficient (Wildman–Crippen LogP) is 4.12. The Morgan fingerprint density at radius 1 is 1.11 bits per heavy atom. The molecule has 4 rings (SSSR count). The number of benzene rings is 2. The summed E-state index contributed by atoms with van der Waals surface area (Å²) < 4.78 is 51.1. The Morgan fingerprint density at radius 3 is 2.55 bits per heavy atom. The maximum Gasteiger partial charge on any atom is 0.200 e. The molecule has 1 saturated heterocycles. The smallest absolute Gasteiger partial charge is 0.200 e. The van der Waals surface area contributed by atoms with Crippen molar-refractivity contribution in [3.05, 3.63) is 65.1 Å². The minimum Gasteiger partial charge on any atom is -0.497 e. The van der Waals surface area contributed by atoms with E-state index in [-0.39, 0.29) is 25.2 Å². The molecule has 2 heterocycles. The lowest BCUT2D eigenvalue weighted by atomic mass is 9.74. The maximum absolute atomic E-state index is 13.8. The molecule has 2 aromatic carbocycles. The van der Waals surface area contributed by atoms with Crippen LogP contribution in [-0.4, -0.2) is 65.2 Å². The van der Waals surface area contributed by atoms with E-state index in [1.165, 1.54) is 0 Å². The van der Waals surface area contributed by atoms with Gasteiger partial charge in [0.05, 0.1) is 25.3 Å². The third kappa shape index (κ3) is 6.20. The quantitative estimate of drug-likeness (QED) is 0.319. The zero-order valence-corrected chi connectivity index (χ0v) is 21.3. The highest BCUT2D eigenvalue weighted by molar-refractivity contribution is 5.85. The van der Waals surface area contributed by atoms with Crippen LogP contribution in [0.2, 0.25) is 0 Å². The lowest BCUT2D eigenvalue weighted by Gasteiger charge is -2.41. The first kappa shape index (κ1) is 28.1. The third-order valence-electron chi connectivity index (χ3n) is 7.53. The zero-order valence-electron chi connectivity index (χ0n) is 21.3. The molecule has 1 atom stereocenters. The van der Waals surface area contributed by atoms with Crippen LogP contribution in [0.4, 0.5) is 13.2 Å². The van der Waals surface area contributed by atoms with Crippen LogP contribution in [0.15, 0.2) is 36.5 Å². The summed E-state index contributed by atoms with van der Waals surface area (Å²) in [5, 5.41) is 32.1. The average Bonchev–Trinajstić information content (AvgIpc) is 2.94. The third-order valence-corrected chi connectivity index (χ3v) is 7.53. The van der Waals surface area contributed by atoms with E-state index in [4.69, 9.17) is 9.47 Å². The number of piperidine rings is 1. The van der Waals surface area contributed by atoms with E-state index in [1.807, 2.05) is 0 Å². The second kappa shape index (κ2) is 12.3. The van der Waals surface area contributed by atoms with E-state index in [0.29, 0.717) is 79.2 Å². The number of hydrogen-bond acceptors (Lipinski definition) is 7. The predicted molar refractivity (Wildman–Crippen MR) is 135 cm³/mol. The zero-order chi connectivity index (χ0) is 27.3. The Balaban J connectivity index is 1.35. The molecule has 0 spiro atoms. The highest BCUT2D eigenvalue weighted by Gasteiger charge is 2.35. The van der Waals surface area contributed by atoms with Crippen LogP contribution in [0.5, 0.6) is 11.5 Å². The van der Waals surface area contributed by atoms with Crippen LogP contribution < -0.4 is 9.47 Å². The molecular formula is C28H33F3N2O5. The van der Waals surface area contributed by atoms with Crippen LogP contribution >= 0.6 is 0 Å². The number of fused-ring (bicyclic) bond motifs is 1. The maximum atomic E-state index is 13.8. The molecule has 0 bridgehead atoms. The van der Waals surface area contributed by atoms with Gasteiger partial charge >= 0.3 is 0 Å². The number of aromatic nitrogens is 1. The lowest BCUT2D eigenvalue weighted by Crippen LogP contribution is -2.43. The number of aliphatic hydroxyl groups is 3. The summed E-state index contributed by atoms with van der Waals surface area (Å²) >= 11 is 0. The number of methoxy groups -OCH3 is 1. The molecule has 0 saturated carbocycles. The van der Waals surface area contributed by atoms with Crippen molar-refractivity contribution in [3.63, 3.8) is 0 Å². The van der Waals surface area contributed by atoms with Gasteiger partial charge in [0, 0.05) is 42.4 Å². The van der Waals surface area contributed by atoms with Crippen molar-refractivity contribution in [2.24, 2.45) is 5.41 Å². The second-order valence-corrected chi connectivity index (χ2v) is 9.84. The number of ether oxygens (including phenoxy) is 2. The Kier molecular flexibility index (Phi) is 9.09. The molecule has 1 aromatic heterocycles. The van der Waals surface area contributed by atoms with Gasteiger partial charge in [-0.2, -0.15) is 4.39 Å². The summed E-state index contributed by atoms with van der Waals surface area (Å²) in [5.41, 5.74) is 1.46. The van der Waals surface area contributed by atoms with E-state index in [0.717, 1.165) is 6.07 Å². The molecule has 1 fully saturated rings. The van der Waals surface area contributed by atoms with E-state index < -0.39 is 29.3 Å². The minimum absolute atomic E-state index is 0.0321. The van der Waals surface area contributed by atoms with Crippen LogP contribution in [0.3, 0.4) is 0 Å². The number of nitrogens with zero attached hydrogens (tertiary/aromatic N) is 2. The summed E-state index contributed by atoms with van der Waals surface area (Å²) in [4.78, 5) is 6.46. The normalized spacial score (nSPS) is 16.5. The highest BCUT2D eigenvalue weighted by atomic mass is 19.2. The molecule has 0 radical (unpaired) electrons. The first-order valence-electron chi connectivity index (χ1n) is 12.6. The topological polar surface area (TPSA) is 95.3 Å². The Labute approximate surface area is 219 Å². The Morgan fingerprint density at radius 2 is 1.87 bits per heavy atom. The monoisotopic (exact) mass is 534 g/mol. The van der Waals surface area contributed by atoms with E-state index in [9.17, 15) is 28.5 Å². The molecule has 206 valence electrons. The van der Waals surface area contributed by atoms with Crippen molar-refractivity contribution in [2.45, 2.75) is 38.4 Å². The van der Waals surface area contributed by atoms with Crippen molar-refractivity contribution < 1.29 is 38.0 Å². The molecule has 0 aliphatic carbocycles. The Bertz CT molecular complexity index is 1250. The summed E-state index contributed by atoms with van der Waals surface area (Å²) in [5.74, 6) is -3.25. The number of halogens is 3. The van der Waals surface area contributed by atoms with Crippen molar-refractivity contribution in [3.8, 4) is 11.5 Å². The summed E-state index contributed by atoms with van der Waals surface area (Å²) in [6, 6.07) is 6.68. The molecule has 38 heavy (non-hydrogen) atoms. The number of aliphatic hydroxyl groups excluding tert-OH is 3. The van der Waals surface area contributed by atoms with Gasteiger partial charge < -0.3 is 24.8 Å². The van der Waals surface area contributed by atoms with Gasteiger partial charge in [0.25, 0.3) is 0 Å². The molecule has 0 amide bonds. The number of pyridine rings is 1. The fraction of sp³-hybridized carbons (Fsp3) is 0.464. The van der Waals surface area contributed by atoms with Crippen LogP contribution in [0.1, 0.15) is 42.9 Å². The van der Waals surface area contributed by atoms with Gasteiger partial charge in [-0.1, -0.05) is 0 Å². The van der Waals surface area contributed by atoms with Crippen molar-refractivity contribution in [1.29, 1.82) is 0 Å². The molecule has 3 N–H and O–H groups in total. The van der Waals surface area contributed by atoms with Crippen molar-refractivity contribution in [2.75, 3.05) is 40.0 Å². The summed E-state index contributed by atoms with van der Waals surface area (Å²) in [6.45, 7) is 1.50. The highest BCUT2D eigenvalue weighted by Crippen LogP contribution is 2.39. The number of hydrogen-bond donors (Lipinski definition) is 3. The second-order valence-electron chi connectivity index (χ2n) is 9.84. The van der Waals surface area contributed by atoms with Gasteiger partial charge in [0.1, 0.15) is 18.2 Å². The fourth-order valence-corrected chi connectivity index (χ4v) is 5.13. The fourth-order valence-electron chi connectivity index (χ4n) is 5.13. The first-order valence-corrected chi connectivity index (χ1v) is 12.6. The van der Waals surface area contributed by atoms with Crippen LogP contribution in [0.25, 0.3) is 10.9 Å². The van der Waals surface area contributed by atoms with Gasteiger partial charge in [-0.25, -0.2) is 8.78 Å². The van der Waals surface area contributed by atoms with Gasteiger partial charge in [-0.05, 0) is 68.0 Å². The SMILES string of the molecule is COc1ccc2ncc(CO)c([C@H](O)CCC3(CO)CCN(CCOc4cc(F)cc(F)c4F)CC3)c2c1. The number of likely N-dealkylation sites (tertiary alicyclic amines) is 1. The van der Waals surface area contributed by atoms with Crippen molar-refractivity contribution in [1.82, 2.24) is 9.88 Å². The van der Waals surface area contributed by atoms with Gasteiger partial charge in [-0.15, -0.1) is 0 Å². The van der Waals surface area contributed by atoms with Gasteiger partial charge in [0.15, 0.2) is 11.6 Å². The van der Waals surface area contributed by atoms with Crippen LogP contribution in [-0.2, 0) is 6.61 Å². The van der Waals surface area contributed by atoms with E-state index in [1.54, 1.807) is 31.5 Å². The molecule has 1 aliphatic heterocycles. The standard InChI is InChI=1S/C28H33F3N2O5/c1-37-20-2-3-23-21(14-20)26(18(16-34)15-32-23)24(36)4-5-28(17-35)6-8-33(9-7-28)10-11-38-25-13-19(29)12-22(30)27(25)31/h2-3,12-15,24,34-36H,4-11,16-17H2,1H3/t24-/m1/s1. The minimum atomic E-state index is -1.29. The molecule has 1 aliphatic rings. The van der Waals surface area contributed by atoms with Crippen molar-refractivity contribution >= 4 is 10.9 Å². The lowest BCUT2D eigenvalue weighted by molar-refractivity contribution is 0.0202.